The largest absolute Gasteiger partial charge is 0.337 e. The maximum atomic E-state index is 13.1. The quantitative estimate of drug-likeness (QED) is 0.312. The number of aromatic nitrogens is 2. The summed E-state index contributed by atoms with van der Waals surface area (Å²) in [5, 5.41) is 3.94. The number of nitrogens with zero attached hydrogens (tertiary/aromatic N) is 2. The maximum absolute atomic E-state index is 13.1. The third kappa shape index (κ3) is 4.76. The highest BCUT2D eigenvalue weighted by molar-refractivity contribution is 7.92. The smallest absolute Gasteiger partial charge is 0.264 e. The lowest BCUT2D eigenvalue weighted by Crippen LogP contribution is -2.16. The third-order valence-corrected chi connectivity index (χ3v) is 7.07. The van der Waals surface area contributed by atoms with E-state index in [2.05, 4.69) is 20.0 Å². The Morgan fingerprint density at radius 2 is 1.41 bits per heavy atom. The van der Waals surface area contributed by atoms with E-state index in [1.807, 2.05) is 26.0 Å². The summed E-state index contributed by atoms with van der Waals surface area (Å²) in [5.41, 5.74) is 3.84. The van der Waals surface area contributed by atoms with Gasteiger partial charge < -0.3 is 5.32 Å². The first-order chi connectivity index (χ1) is 15.1. The average Bonchev–Trinajstić information content (AvgIpc) is 2.69. The monoisotopic (exact) mass is 506 g/mol. The van der Waals surface area contributed by atoms with E-state index in [9.17, 15) is 8.42 Å². The molecule has 4 aromatic rings. The topological polar surface area (TPSA) is 84.0 Å². The third-order valence-electron chi connectivity index (χ3n) is 4.78. The minimum atomic E-state index is -4.08. The lowest BCUT2D eigenvalue weighted by molar-refractivity contribution is 0.601. The fourth-order valence-electron chi connectivity index (χ4n) is 3.05. The Balaban J connectivity index is 1.84. The summed E-state index contributed by atoms with van der Waals surface area (Å²) in [6, 6.07) is 14.9. The number of sulfonamides is 1. The zero-order chi connectivity index (χ0) is 23.0. The number of hydrogen-bond donors (Lipinski definition) is 2. The van der Waals surface area contributed by atoms with Crippen molar-refractivity contribution in [2.75, 3.05) is 10.0 Å². The Bertz CT molecular complexity index is 1460. The summed E-state index contributed by atoms with van der Waals surface area (Å²) in [5.74, 6) is 0.239. The normalized spacial score (nSPS) is 11.5. The van der Waals surface area contributed by atoms with Crippen LogP contribution < -0.4 is 10.0 Å². The van der Waals surface area contributed by atoms with Gasteiger partial charge in [0.2, 0.25) is 0 Å². The van der Waals surface area contributed by atoms with Crippen molar-refractivity contribution in [2.24, 2.45) is 0 Å². The first kappa shape index (κ1) is 22.6. The van der Waals surface area contributed by atoms with Gasteiger partial charge >= 0.3 is 0 Å². The SMILES string of the molecule is Cc1cc2nc(Nc3cccc(Cl)c3)c(NS(=O)(=O)c3ccc(Cl)cc3Cl)nc2cc1C. The molecule has 0 saturated heterocycles. The van der Waals surface area contributed by atoms with Crippen molar-refractivity contribution < 1.29 is 8.42 Å². The zero-order valence-corrected chi connectivity index (χ0v) is 20.0. The highest BCUT2D eigenvalue weighted by Crippen LogP contribution is 2.31. The van der Waals surface area contributed by atoms with Crippen molar-refractivity contribution in [1.29, 1.82) is 0 Å². The number of nitrogens with one attached hydrogen (secondary N) is 2. The number of benzene rings is 3. The lowest BCUT2D eigenvalue weighted by Gasteiger charge is -2.15. The van der Waals surface area contributed by atoms with Crippen molar-refractivity contribution >= 4 is 73.2 Å². The van der Waals surface area contributed by atoms with Gasteiger partial charge in [0.05, 0.1) is 16.1 Å². The zero-order valence-electron chi connectivity index (χ0n) is 16.9. The molecule has 164 valence electrons. The standard InChI is InChI=1S/C22H17Cl3N4O2S/c1-12-8-18-19(9-13(12)2)28-22(21(27-18)26-16-5-3-4-14(23)10-16)29-32(30,31)20-7-6-15(24)11-17(20)25/h3-11H,1-2H3,(H,26,27)(H,28,29). The number of anilines is 3. The van der Waals surface area contributed by atoms with Crippen LogP contribution in [0.1, 0.15) is 11.1 Å². The average molecular weight is 508 g/mol. The molecule has 0 aliphatic carbocycles. The van der Waals surface area contributed by atoms with Gasteiger partial charge in [-0.2, -0.15) is 0 Å². The Morgan fingerprint density at radius 1 is 0.781 bits per heavy atom. The molecule has 0 atom stereocenters. The molecule has 1 heterocycles. The minimum Gasteiger partial charge on any atom is -0.337 e. The molecule has 6 nitrogen and oxygen atoms in total. The molecule has 10 heteroatoms. The van der Waals surface area contributed by atoms with Crippen molar-refractivity contribution in [3.8, 4) is 0 Å². The van der Waals surface area contributed by atoms with Crippen LogP contribution in [0.15, 0.2) is 59.5 Å². The molecule has 0 spiro atoms. The van der Waals surface area contributed by atoms with E-state index in [1.54, 1.807) is 24.3 Å². The van der Waals surface area contributed by atoms with Gasteiger partial charge in [-0.05, 0) is 73.5 Å². The first-order valence-corrected chi connectivity index (χ1v) is 12.0. The van der Waals surface area contributed by atoms with Crippen LogP contribution in [0.25, 0.3) is 11.0 Å². The fraction of sp³-hybridized carbons (Fsp3) is 0.0909. The molecule has 2 N–H and O–H groups in total. The van der Waals surface area contributed by atoms with Crippen molar-refractivity contribution in [3.63, 3.8) is 0 Å². The molecule has 4 rings (SSSR count). The molecule has 32 heavy (non-hydrogen) atoms. The molecule has 1 aromatic heterocycles. The van der Waals surface area contributed by atoms with Gasteiger partial charge in [-0.1, -0.05) is 40.9 Å². The van der Waals surface area contributed by atoms with Gasteiger partial charge in [0.15, 0.2) is 11.6 Å². The number of hydrogen-bond acceptors (Lipinski definition) is 5. The van der Waals surface area contributed by atoms with Crippen LogP contribution in [0.2, 0.25) is 15.1 Å². The Labute approximate surface area is 200 Å². The summed E-state index contributed by atoms with van der Waals surface area (Å²) in [7, 11) is -4.08. The van der Waals surface area contributed by atoms with E-state index in [-0.39, 0.29) is 21.6 Å². The second-order valence-corrected chi connectivity index (χ2v) is 10.1. The molecular weight excluding hydrogens is 491 g/mol. The molecule has 0 aliphatic rings. The summed E-state index contributed by atoms with van der Waals surface area (Å²) >= 11 is 18.1. The molecule has 0 aliphatic heterocycles. The van der Waals surface area contributed by atoms with Crippen LogP contribution >= 0.6 is 34.8 Å². The summed E-state index contributed by atoms with van der Waals surface area (Å²) in [6.45, 7) is 3.92. The van der Waals surface area contributed by atoms with E-state index < -0.39 is 10.0 Å². The summed E-state index contributed by atoms with van der Waals surface area (Å²) in [4.78, 5) is 9.03. The molecule has 0 saturated carbocycles. The maximum Gasteiger partial charge on any atom is 0.264 e. The molecule has 0 radical (unpaired) electrons. The Kier molecular flexibility index (Phi) is 6.18. The van der Waals surface area contributed by atoms with E-state index >= 15 is 0 Å². The summed E-state index contributed by atoms with van der Waals surface area (Å²) < 4.78 is 28.7. The predicted octanol–water partition coefficient (Wildman–Crippen LogP) is 6.75. The molecular formula is C22H17Cl3N4O2S. The van der Waals surface area contributed by atoms with Crippen LogP contribution in [0.5, 0.6) is 0 Å². The summed E-state index contributed by atoms with van der Waals surface area (Å²) in [6.07, 6.45) is 0. The molecule has 0 amide bonds. The highest BCUT2D eigenvalue weighted by Gasteiger charge is 2.22. The van der Waals surface area contributed by atoms with Crippen LogP contribution in [0.3, 0.4) is 0 Å². The second-order valence-electron chi connectivity index (χ2n) is 7.16. The molecule has 0 fully saturated rings. The van der Waals surface area contributed by atoms with Gasteiger partial charge in [-0.25, -0.2) is 18.4 Å². The van der Waals surface area contributed by atoms with Gasteiger partial charge in [0.25, 0.3) is 10.0 Å². The number of halogens is 3. The van der Waals surface area contributed by atoms with E-state index in [4.69, 9.17) is 34.8 Å². The van der Waals surface area contributed by atoms with Crippen LogP contribution in [-0.2, 0) is 10.0 Å². The van der Waals surface area contributed by atoms with Crippen LogP contribution in [0.4, 0.5) is 17.3 Å². The van der Waals surface area contributed by atoms with E-state index in [1.165, 1.54) is 18.2 Å². The molecule has 0 bridgehead atoms. The van der Waals surface area contributed by atoms with Gasteiger partial charge in [-0.15, -0.1) is 0 Å². The van der Waals surface area contributed by atoms with E-state index in [0.29, 0.717) is 26.8 Å². The van der Waals surface area contributed by atoms with Gasteiger partial charge in [0, 0.05) is 15.7 Å². The lowest BCUT2D eigenvalue weighted by atomic mass is 10.1. The minimum absolute atomic E-state index is 0.00503. The predicted molar refractivity (Wildman–Crippen MR) is 131 cm³/mol. The highest BCUT2D eigenvalue weighted by atomic mass is 35.5. The van der Waals surface area contributed by atoms with E-state index in [0.717, 1.165) is 11.1 Å². The van der Waals surface area contributed by atoms with Gasteiger partial charge in [0.1, 0.15) is 4.90 Å². The van der Waals surface area contributed by atoms with Gasteiger partial charge in [-0.3, -0.25) is 4.72 Å². The fourth-order valence-corrected chi connectivity index (χ4v) is 5.02. The Morgan fingerprint density at radius 3 is 2.03 bits per heavy atom. The number of fused-ring (bicyclic) bond motifs is 1. The van der Waals surface area contributed by atoms with Crippen molar-refractivity contribution in [2.45, 2.75) is 18.7 Å². The van der Waals surface area contributed by atoms with Crippen LogP contribution in [0, 0.1) is 13.8 Å². The number of aryl methyl sites for hydroxylation is 2. The first-order valence-electron chi connectivity index (χ1n) is 9.42. The number of rotatable bonds is 5. The van der Waals surface area contributed by atoms with Crippen molar-refractivity contribution in [3.05, 3.63) is 80.8 Å². The van der Waals surface area contributed by atoms with Crippen LogP contribution in [-0.4, -0.2) is 18.4 Å². The second kappa shape index (κ2) is 8.75. The molecule has 0 unspecified atom stereocenters. The van der Waals surface area contributed by atoms with Crippen molar-refractivity contribution in [1.82, 2.24) is 9.97 Å². The Hall–Kier alpha value is -2.58. The molecule has 3 aromatic carbocycles.